The Bertz CT molecular complexity index is 1030. The molecule has 14 nitrogen and oxygen atoms in total. The van der Waals surface area contributed by atoms with Gasteiger partial charge in [-0.25, -0.2) is 4.68 Å². The van der Waals surface area contributed by atoms with Gasteiger partial charge in [-0.15, -0.1) is 6.42 Å². The summed E-state index contributed by atoms with van der Waals surface area (Å²) in [5, 5.41) is 8.40. The van der Waals surface area contributed by atoms with Gasteiger partial charge in [0.25, 0.3) is 0 Å². The van der Waals surface area contributed by atoms with Crippen molar-refractivity contribution in [2.75, 3.05) is 77.2 Å². The first kappa shape index (κ1) is 32.2. The molecule has 1 fully saturated rings. The summed E-state index contributed by atoms with van der Waals surface area (Å²) < 4.78 is 34.5. The van der Waals surface area contributed by atoms with Crippen LogP contribution in [0.1, 0.15) is 19.1 Å². The molecular weight excluding hydrogens is 576 g/mol. The molecule has 17 heteroatoms. The number of ether oxygens (including phenoxy) is 5. The van der Waals surface area contributed by atoms with Crippen molar-refractivity contribution in [3.05, 3.63) is 11.5 Å². The Morgan fingerprint density at radius 1 is 1.05 bits per heavy atom. The van der Waals surface area contributed by atoms with Crippen molar-refractivity contribution in [1.82, 2.24) is 19.7 Å². The lowest BCUT2D eigenvalue weighted by Gasteiger charge is -2.17. The molecule has 0 aromatic carbocycles. The molecule has 0 aliphatic carbocycles. The van der Waals surface area contributed by atoms with E-state index in [0.29, 0.717) is 82.5 Å². The Morgan fingerprint density at radius 2 is 1.74 bits per heavy atom. The van der Waals surface area contributed by atoms with Gasteiger partial charge in [-0.2, -0.15) is 15.1 Å². The first-order valence-electron chi connectivity index (χ1n) is 12.3. The van der Waals surface area contributed by atoms with E-state index in [1.165, 1.54) is 0 Å². The number of hydrogen-bond donors (Lipinski definition) is 4. The highest BCUT2D eigenvalue weighted by Gasteiger charge is 2.30. The van der Waals surface area contributed by atoms with E-state index in [9.17, 15) is 4.89 Å². The minimum absolute atomic E-state index is 0.0687. The molecule has 0 amide bonds. The van der Waals surface area contributed by atoms with Crippen LogP contribution >= 0.6 is 28.4 Å². The molecule has 0 spiro atoms. The second-order valence-corrected chi connectivity index (χ2v) is 11.3. The molecule has 1 aliphatic heterocycles. The fourth-order valence-electron chi connectivity index (χ4n) is 3.58. The number of anilines is 1. The summed E-state index contributed by atoms with van der Waals surface area (Å²) in [6.07, 6.45) is 7.43. The summed E-state index contributed by atoms with van der Waals surface area (Å²) in [4.78, 5) is 36.3. The summed E-state index contributed by atoms with van der Waals surface area (Å²) >= 11 is 6.18. The summed E-state index contributed by atoms with van der Waals surface area (Å²) in [6, 6.07) is 0. The van der Waals surface area contributed by atoms with Crippen LogP contribution in [0.25, 0.3) is 11.0 Å². The third kappa shape index (κ3) is 11.6. The number of fused-ring (bicyclic) bond motifs is 1. The number of terminal acetylenes is 1. The Labute approximate surface area is 234 Å². The minimum atomic E-state index is -2.20. The van der Waals surface area contributed by atoms with E-state index in [2.05, 4.69) is 26.3 Å². The molecule has 1 aliphatic rings. The zero-order chi connectivity index (χ0) is 27.9. The summed E-state index contributed by atoms with van der Waals surface area (Å²) in [5.41, 5.74) is 0.527. The average Bonchev–Trinajstić information content (AvgIpc) is 3.54. The Morgan fingerprint density at radius 3 is 2.44 bits per heavy atom. The Kier molecular flexibility index (Phi) is 15.0. The van der Waals surface area contributed by atoms with Gasteiger partial charge in [0.05, 0.1) is 76.4 Å². The molecule has 0 bridgehead atoms. The standard InChI is InChI=1S/C22H34ClN5O9P2/c1-2-6-32-8-10-34-12-13-35-11-9-33-7-5-24-20-18-14-25-28(21(18)27-22(23)26-20)19-4-3-17(37-19)15-36-39(31)16-38(29)30/h1,14,17,19,29-31H,3-13,15-16H2,(H,24,26,27). The van der Waals surface area contributed by atoms with Crippen LogP contribution in [0.3, 0.4) is 0 Å². The normalized spacial score (nSPS) is 18.2. The number of halogens is 1. The largest absolute Gasteiger partial charge is 0.377 e. The van der Waals surface area contributed by atoms with Gasteiger partial charge in [0.15, 0.2) is 28.6 Å². The molecule has 39 heavy (non-hydrogen) atoms. The predicted molar refractivity (Wildman–Crippen MR) is 145 cm³/mol. The van der Waals surface area contributed by atoms with Gasteiger partial charge in [0.2, 0.25) is 5.28 Å². The highest BCUT2D eigenvalue weighted by molar-refractivity contribution is 7.63. The van der Waals surface area contributed by atoms with Crippen molar-refractivity contribution in [1.29, 1.82) is 0 Å². The zero-order valence-electron chi connectivity index (χ0n) is 21.4. The first-order chi connectivity index (χ1) is 19.0. The van der Waals surface area contributed by atoms with E-state index < -0.39 is 16.8 Å². The van der Waals surface area contributed by atoms with Crippen molar-refractivity contribution in [2.45, 2.75) is 25.2 Å². The lowest BCUT2D eigenvalue weighted by Crippen LogP contribution is -2.17. The van der Waals surface area contributed by atoms with Crippen LogP contribution in [0.15, 0.2) is 6.20 Å². The quantitative estimate of drug-likeness (QED) is 0.0742. The van der Waals surface area contributed by atoms with E-state index in [-0.39, 0.29) is 36.7 Å². The molecular formula is C22H34ClN5O9P2. The SMILES string of the molecule is C#CCOCCOCCOCCOCCNc1nc(Cl)nc2c1cnn2C1CCC(COP(O)CP(O)O)O1. The van der Waals surface area contributed by atoms with Crippen molar-refractivity contribution < 1.29 is 42.9 Å². The molecule has 218 valence electrons. The zero-order valence-corrected chi connectivity index (χ0v) is 23.9. The van der Waals surface area contributed by atoms with E-state index in [0.717, 1.165) is 0 Å². The predicted octanol–water partition coefficient (Wildman–Crippen LogP) is 1.84. The van der Waals surface area contributed by atoms with Crippen LogP contribution < -0.4 is 5.32 Å². The average molecular weight is 610 g/mol. The topological polar surface area (TPSA) is 172 Å². The molecule has 2 aromatic heterocycles. The number of nitrogens with zero attached hydrogens (tertiary/aromatic N) is 4. The second kappa shape index (κ2) is 18.2. The van der Waals surface area contributed by atoms with Crippen LogP contribution in [0, 0.1) is 12.3 Å². The first-order valence-corrected chi connectivity index (χ1v) is 15.5. The van der Waals surface area contributed by atoms with Gasteiger partial charge in [-0.1, -0.05) is 5.92 Å². The molecule has 0 radical (unpaired) electrons. The van der Waals surface area contributed by atoms with Gasteiger partial charge in [0, 0.05) is 6.54 Å². The molecule has 4 N–H and O–H groups in total. The van der Waals surface area contributed by atoms with Gasteiger partial charge < -0.3 is 48.2 Å². The fraction of sp³-hybridized carbons (Fsp3) is 0.682. The maximum atomic E-state index is 9.73. The van der Waals surface area contributed by atoms with Crippen LogP contribution in [-0.4, -0.2) is 112 Å². The Balaban J connectivity index is 1.35. The molecule has 3 unspecified atom stereocenters. The van der Waals surface area contributed by atoms with Crippen LogP contribution in [0.2, 0.25) is 5.28 Å². The number of aromatic nitrogens is 4. The van der Waals surface area contributed by atoms with E-state index in [1.54, 1.807) is 10.9 Å². The van der Waals surface area contributed by atoms with E-state index >= 15 is 0 Å². The van der Waals surface area contributed by atoms with Crippen LogP contribution in [-0.2, 0) is 28.2 Å². The molecule has 3 atom stereocenters. The van der Waals surface area contributed by atoms with Crippen molar-refractivity contribution >= 4 is 45.2 Å². The highest BCUT2D eigenvalue weighted by Crippen LogP contribution is 2.44. The Hall–Kier alpha value is -1.30. The molecule has 1 saturated heterocycles. The second-order valence-electron chi connectivity index (χ2n) is 8.14. The lowest BCUT2D eigenvalue weighted by molar-refractivity contribution is -0.0213. The van der Waals surface area contributed by atoms with Crippen LogP contribution in [0.5, 0.6) is 0 Å². The van der Waals surface area contributed by atoms with Crippen molar-refractivity contribution in [3.8, 4) is 12.3 Å². The minimum Gasteiger partial charge on any atom is -0.377 e. The van der Waals surface area contributed by atoms with Gasteiger partial charge in [-0.05, 0) is 24.4 Å². The van der Waals surface area contributed by atoms with Gasteiger partial charge >= 0.3 is 0 Å². The molecule has 3 rings (SSSR count). The maximum absolute atomic E-state index is 9.73. The summed E-state index contributed by atoms with van der Waals surface area (Å²) in [6.45, 7) is 4.10. The highest BCUT2D eigenvalue weighted by atomic mass is 35.5. The molecule has 3 heterocycles. The monoisotopic (exact) mass is 609 g/mol. The number of rotatable bonds is 20. The number of nitrogens with one attached hydrogen (secondary N) is 1. The van der Waals surface area contributed by atoms with Crippen molar-refractivity contribution in [2.24, 2.45) is 0 Å². The van der Waals surface area contributed by atoms with E-state index in [4.69, 9.17) is 56.0 Å². The van der Waals surface area contributed by atoms with Gasteiger partial charge in [0.1, 0.15) is 12.4 Å². The fourth-order valence-corrected chi connectivity index (χ4v) is 5.28. The van der Waals surface area contributed by atoms with Crippen molar-refractivity contribution in [3.63, 3.8) is 0 Å². The summed E-state index contributed by atoms with van der Waals surface area (Å²) in [7, 11) is -4.10. The van der Waals surface area contributed by atoms with E-state index in [1.807, 2.05) is 0 Å². The third-order valence-corrected chi connectivity index (χ3v) is 7.88. The molecule has 0 saturated carbocycles. The lowest BCUT2D eigenvalue weighted by atomic mass is 10.2. The maximum Gasteiger partial charge on any atom is 0.226 e. The molecule has 2 aromatic rings. The van der Waals surface area contributed by atoms with Gasteiger partial charge in [-0.3, -0.25) is 0 Å². The summed E-state index contributed by atoms with van der Waals surface area (Å²) in [5.74, 6) is 2.75. The smallest absolute Gasteiger partial charge is 0.226 e. The van der Waals surface area contributed by atoms with Crippen LogP contribution in [0.4, 0.5) is 5.82 Å². The number of hydrogen-bond acceptors (Lipinski definition) is 13. The third-order valence-electron chi connectivity index (χ3n) is 5.28.